The number of rotatable bonds is 2. The van der Waals surface area contributed by atoms with E-state index in [4.69, 9.17) is 4.74 Å². The highest BCUT2D eigenvalue weighted by atomic mass is 16.5. The second-order valence-corrected chi connectivity index (χ2v) is 4.43. The first kappa shape index (κ1) is 11.6. The number of fused-ring (bicyclic) bond motifs is 1. The first-order valence-electron chi connectivity index (χ1n) is 5.62. The van der Waals surface area contributed by atoms with Crippen LogP contribution in [0.15, 0.2) is 18.2 Å². The van der Waals surface area contributed by atoms with Crippen molar-refractivity contribution in [2.24, 2.45) is 0 Å². The summed E-state index contributed by atoms with van der Waals surface area (Å²) < 4.78 is 5.37. The minimum Gasteiger partial charge on any atom is -0.496 e. The van der Waals surface area contributed by atoms with Gasteiger partial charge in [-0.15, -0.1) is 0 Å². The van der Waals surface area contributed by atoms with Crippen LogP contribution < -0.4 is 4.74 Å². The van der Waals surface area contributed by atoms with Crippen LogP contribution in [-0.2, 0) is 0 Å². The van der Waals surface area contributed by atoms with Gasteiger partial charge in [0.2, 0.25) is 0 Å². The molecule has 0 spiro atoms. The highest BCUT2D eigenvalue weighted by Gasteiger charge is 2.19. The maximum absolute atomic E-state index is 11.1. The number of aryl methyl sites for hydroxylation is 3. The molecule has 2 heteroatoms. The lowest BCUT2D eigenvalue weighted by atomic mass is 10.0. The first-order chi connectivity index (χ1) is 8.08. The van der Waals surface area contributed by atoms with E-state index in [-0.39, 0.29) is 0 Å². The van der Waals surface area contributed by atoms with Crippen LogP contribution in [-0.4, -0.2) is 13.4 Å². The van der Waals surface area contributed by atoms with Crippen molar-refractivity contribution in [3.8, 4) is 16.9 Å². The Morgan fingerprint density at radius 3 is 2.12 bits per heavy atom. The van der Waals surface area contributed by atoms with Gasteiger partial charge in [0.05, 0.1) is 7.11 Å². The van der Waals surface area contributed by atoms with Gasteiger partial charge < -0.3 is 4.74 Å². The standard InChI is InChI=1S/C15H16O2/c1-9-5-10(2)14-12(8-16)7-13(17-4)15(14)11(3)6-9/h5-8H,1-4H3. The highest BCUT2D eigenvalue weighted by molar-refractivity contribution is 5.95. The quantitative estimate of drug-likeness (QED) is 0.735. The molecule has 2 nitrogen and oxygen atoms in total. The molecule has 2 rings (SSSR count). The fourth-order valence-electron chi connectivity index (χ4n) is 2.49. The van der Waals surface area contributed by atoms with Crippen molar-refractivity contribution < 1.29 is 9.53 Å². The molecule has 0 aliphatic heterocycles. The predicted molar refractivity (Wildman–Crippen MR) is 69.2 cm³/mol. The molecule has 0 atom stereocenters. The minimum atomic E-state index is 0.702. The maximum Gasteiger partial charge on any atom is 0.150 e. The molecule has 17 heavy (non-hydrogen) atoms. The van der Waals surface area contributed by atoms with Crippen molar-refractivity contribution in [3.63, 3.8) is 0 Å². The Labute approximate surface area is 102 Å². The van der Waals surface area contributed by atoms with Gasteiger partial charge in [-0.1, -0.05) is 17.7 Å². The van der Waals surface area contributed by atoms with Crippen molar-refractivity contribution in [2.75, 3.05) is 7.11 Å². The van der Waals surface area contributed by atoms with Crippen LogP contribution in [0.3, 0.4) is 0 Å². The molecule has 0 radical (unpaired) electrons. The Kier molecular flexibility index (Phi) is 2.88. The molecule has 2 aliphatic rings. The van der Waals surface area contributed by atoms with Gasteiger partial charge in [-0.05, 0) is 43.5 Å². The molecule has 0 aromatic rings. The van der Waals surface area contributed by atoms with E-state index in [1.807, 2.05) is 19.9 Å². The number of hydrogen-bond donors (Lipinski definition) is 0. The van der Waals surface area contributed by atoms with Gasteiger partial charge in [-0.3, -0.25) is 4.79 Å². The molecular formula is C15H16O2. The summed E-state index contributed by atoms with van der Waals surface area (Å²) in [4.78, 5) is 11.1. The Morgan fingerprint density at radius 1 is 1.00 bits per heavy atom. The van der Waals surface area contributed by atoms with Crippen molar-refractivity contribution in [2.45, 2.75) is 20.8 Å². The molecule has 0 unspecified atom stereocenters. The summed E-state index contributed by atoms with van der Waals surface area (Å²) in [6.07, 6.45) is 0.895. The van der Waals surface area contributed by atoms with E-state index in [1.165, 1.54) is 5.56 Å². The lowest BCUT2D eigenvalue weighted by Gasteiger charge is -2.05. The molecule has 0 amide bonds. The van der Waals surface area contributed by atoms with Gasteiger partial charge in [0.25, 0.3) is 0 Å². The first-order valence-corrected chi connectivity index (χ1v) is 5.62. The summed E-state index contributed by atoms with van der Waals surface area (Å²) >= 11 is 0. The molecule has 0 bridgehead atoms. The number of ether oxygens (including phenoxy) is 1. The Bertz CT molecular complexity index is 556. The lowest BCUT2D eigenvalue weighted by Crippen LogP contribution is -1.86. The van der Waals surface area contributed by atoms with E-state index >= 15 is 0 Å². The van der Waals surface area contributed by atoms with Crippen LogP contribution in [0.1, 0.15) is 27.0 Å². The average Bonchev–Trinajstić information content (AvgIpc) is 2.61. The van der Waals surface area contributed by atoms with E-state index in [0.717, 1.165) is 34.3 Å². The molecule has 0 aromatic heterocycles. The molecule has 0 heterocycles. The van der Waals surface area contributed by atoms with E-state index in [2.05, 4.69) is 19.1 Å². The number of carbonyl (C=O) groups is 1. The van der Waals surface area contributed by atoms with Crippen molar-refractivity contribution in [1.29, 1.82) is 0 Å². The number of methoxy groups -OCH3 is 1. The summed E-state index contributed by atoms with van der Waals surface area (Å²) in [6, 6.07) is 6.03. The summed E-state index contributed by atoms with van der Waals surface area (Å²) in [7, 11) is 1.64. The molecule has 0 saturated carbocycles. The van der Waals surface area contributed by atoms with Crippen molar-refractivity contribution in [3.05, 3.63) is 40.5 Å². The summed E-state index contributed by atoms with van der Waals surface area (Å²) in [5, 5.41) is 0. The topological polar surface area (TPSA) is 26.3 Å². The number of carbonyl (C=O) groups excluding carboxylic acids is 1. The van der Waals surface area contributed by atoms with E-state index in [0.29, 0.717) is 5.56 Å². The van der Waals surface area contributed by atoms with E-state index in [9.17, 15) is 4.79 Å². The normalized spacial score (nSPS) is 10.6. The molecule has 0 fully saturated rings. The maximum atomic E-state index is 11.1. The van der Waals surface area contributed by atoms with Gasteiger partial charge in [-0.2, -0.15) is 0 Å². The van der Waals surface area contributed by atoms with Gasteiger partial charge in [-0.25, -0.2) is 0 Å². The van der Waals surface area contributed by atoms with Gasteiger partial charge in [0.1, 0.15) is 5.75 Å². The molecule has 0 N–H and O–H groups in total. The smallest absolute Gasteiger partial charge is 0.150 e. The van der Waals surface area contributed by atoms with E-state index in [1.54, 1.807) is 7.11 Å². The van der Waals surface area contributed by atoms with Crippen LogP contribution in [0.25, 0.3) is 11.1 Å². The zero-order chi connectivity index (χ0) is 12.6. The van der Waals surface area contributed by atoms with Crippen molar-refractivity contribution >= 4 is 6.29 Å². The largest absolute Gasteiger partial charge is 0.496 e. The van der Waals surface area contributed by atoms with E-state index < -0.39 is 0 Å². The van der Waals surface area contributed by atoms with Crippen LogP contribution in [0.4, 0.5) is 0 Å². The van der Waals surface area contributed by atoms with Crippen molar-refractivity contribution in [1.82, 2.24) is 0 Å². The van der Waals surface area contributed by atoms with Gasteiger partial charge in [0.15, 0.2) is 6.29 Å². The predicted octanol–water partition coefficient (Wildman–Crippen LogP) is 3.54. The van der Waals surface area contributed by atoms with Crippen LogP contribution in [0.2, 0.25) is 0 Å². The average molecular weight is 228 g/mol. The van der Waals surface area contributed by atoms with Gasteiger partial charge >= 0.3 is 0 Å². The third kappa shape index (κ3) is 1.80. The Balaban J connectivity index is 2.92. The molecule has 2 aliphatic carbocycles. The molecule has 88 valence electrons. The zero-order valence-electron chi connectivity index (χ0n) is 10.6. The summed E-state index contributed by atoms with van der Waals surface area (Å²) in [6.45, 7) is 6.14. The van der Waals surface area contributed by atoms with Crippen LogP contribution in [0, 0.1) is 20.8 Å². The fourth-order valence-corrected chi connectivity index (χ4v) is 2.49. The highest BCUT2D eigenvalue weighted by Crippen LogP contribution is 2.41. The Morgan fingerprint density at radius 2 is 1.59 bits per heavy atom. The lowest BCUT2D eigenvalue weighted by molar-refractivity contribution is 0.112. The fraction of sp³-hybridized carbons (Fsp3) is 0.267. The zero-order valence-corrected chi connectivity index (χ0v) is 10.6. The monoisotopic (exact) mass is 228 g/mol. The number of hydrogen-bond acceptors (Lipinski definition) is 2. The second kappa shape index (κ2) is 4.21. The molecule has 0 aromatic carbocycles. The molecule has 0 saturated heterocycles. The summed E-state index contributed by atoms with van der Waals surface area (Å²) in [5.74, 6) is 0.776. The third-order valence-corrected chi connectivity index (χ3v) is 3.10. The van der Waals surface area contributed by atoms with Crippen LogP contribution in [0.5, 0.6) is 5.75 Å². The van der Waals surface area contributed by atoms with Crippen LogP contribution >= 0.6 is 0 Å². The SMILES string of the molecule is COc1cc(C=O)c2c(C)cc(C)cc(C)c1-2. The molecular weight excluding hydrogens is 212 g/mol. The minimum absolute atomic E-state index is 0.702. The van der Waals surface area contributed by atoms with Gasteiger partial charge in [0, 0.05) is 11.1 Å². The Hall–Kier alpha value is -1.83. The second-order valence-electron chi connectivity index (χ2n) is 4.43. The number of aldehydes is 1. The summed E-state index contributed by atoms with van der Waals surface area (Å²) in [5.41, 5.74) is 6.18. The third-order valence-electron chi connectivity index (χ3n) is 3.10.